The topological polar surface area (TPSA) is 93.7 Å². The second kappa shape index (κ2) is 9.94. The molecule has 7 heteroatoms. The molecule has 1 aromatic carbocycles. The number of para-hydroxylation sites is 1. The second-order valence-electron chi connectivity index (χ2n) is 6.89. The fourth-order valence-corrected chi connectivity index (χ4v) is 3.20. The minimum atomic E-state index is -0.908. The molecule has 2 amide bonds. The Balaban J connectivity index is 1.79. The van der Waals surface area contributed by atoms with Gasteiger partial charge in [0.15, 0.2) is 6.10 Å². The van der Waals surface area contributed by atoms with Crippen molar-refractivity contribution >= 4 is 17.8 Å². The van der Waals surface area contributed by atoms with Crippen LogP contribution in [0.5, 0.6) is 5.75 Å². The summed E-state index contributed by atoms with van der Waals surface area (Å²) >= 11 is 0. The molecule has 7 nitrogen and oxygen atoms in total. The molecule has 0 aromatic heterocycles. The van der Waals surface area contributed by atoms with E-state index in [0.717, 1.165) is 19.3 Å². The summed E-state index contributed by atoms with van der Waals surface area (Å²) in [5.74, 6) is -0.586. The van der Waals surface area contributed by atoms with E-state index in [9.17, 15) is 14.4 Å². The summed E-state index contributed by atoms with van der Waals surface area (Å²) in [5, 5.41) is 5.44. The lowest BCUT2D eigenvalue weighted by molar-refractivity contribution is -0.154. The minimum absolute atomic E-state index is 0.123. The number of hydrogen-bond acceptors (Lipinski definition) is 5. The number of rotatable bonds is 7. The largest absolute Gasteiger partial charge is 0.496 e. The van der Waals surface area contributed by atoms with Crippen molar-refractivity contribution in [1.29, 1.82) is 0 Å². The number of esters is 1. The first kappa shape index (κ1) is 20.7. The van der Waals surface area contributed by atoms with Crippen molar-refractivity contribution in [3.05, 3.63) is 29.8 Å². The Bertz CT molecular complexity index is 676. The predicted octanol–water partition coefficient (Wildman–Crippen LogP) is 2.05. The number of benzene rings is 1. The van der Waals surface area contributed by atoms with Crippen LogP contribution in [0.3, 0.4) is 0 Å². The molecular weight excluding hydrogens is 348 g/mol. The molecule has 0 heterocycles. The predicted molar refractivity (Wildman–Crippen MR) is 100 cm³/mol. The summed E-state index contributed by atoms with van der Waals surface area (Å²) in [5.41, 5.74) is 0.324. The summed E-state index contributed by atoms with van der Waals surface area (Å²) in [6, 6.07) is 6.83. The van der Waals surface area contributed by atoms with Gasteiger partial charge in [-0.1, -0.05) is 31.9 Å². The average Bonchev–Trinajstić information content (AvgIpc) is 2.67. The maximum Gasteiger partial charge on any atom is 0.326 e. The van der Waals surface area contributed by atoms with Crippen molar-refractivity contribution in [2.45, 2.75) is 51.7 Å². The molecule has 148 valence electrons. The van der Waals surface area contributed by atoms with Crippen molar-refractivity contribution < 1.29 is 23.9 Å². The Morgan fingerprint density at radius 2 is 1.89 bits per heavy atom. The lowest BCUT2D eigenvalue weighted by Gasteiger charge is -2.30. The summed E-state index contributed by atoms with van der Waals surface area (Å²) in [6.07, 6.45) is 3.41. The van der Waals surface area contributed by atoms with Crippen LogP contribution in [0.1, 0.15) is 49.9 Å². The van der Waals surface area contributed by atoms with E-state index in [0.29, 0.717) is 17.2 Å². The lowest BCUT2D eigenvalue weighted by atomic mass is 9.86. The monoisotopic (exact) mass is 376 g/mol. The highest BCUT2D eigenvalue weighted by atomic mass is 16.5. The number of nitrogens with one attached hydrogen (secondary N) is 2. The third kappa shape index (κ3) is 5.98. The highest BCUT2D eigenvalue weighted by Crippen LogP contribution is 2.23. The van der Waals surface area contributed by atoms with Crippen LogP contribution in [-0.4, -0.2) is 43.6 Å². The Morgan fingerprint density at radius 3 is 2.59 bits per heavy atom. The molecule has 1 aromatic rings. The van der Waals surface area contributed by atoms with Gasteiger partial charge in [-0.3, -0.25) is 14.4 Å². The average molecular weight is 376 g/mol. The molecular formula is C20H28N2O5. The third-order valence-corrected chi connectivity index (χ3v) is 4.86. The molecule has 1 saturated carbocycles. The molecule has 0 bridgehead atoms. The summed E-state index contributed by atoms with van der Waals surface area (Å²) in [7, 11) is 1.47. The maximum absolute atomic E-state index is 12.2. The highest BCUT2D eigenvalue weighted by Gasteiger charge is 2.26. The van der Waals surface area contributed by atoms with E-state index in [4.69, 9.17) is 9.47 Å². The number of hydrogen-bond donors (Lipinski definition) is 2. The van der Waals surface area contributed by atoms with Gasteiger partial charge in [0.1, 0.15) is 12.3 Å². The van der Waals surface area contributed by atoms with Gasteiger partial charge in [-0.15, -0.1) is 0 Å². The van der Waals surface area contributed by atoms with Crippen LogP contribution in [0, 0.1) is 5.92 Å². The van der Waals surface area contributed by atoms with Crippen molar-refractivity contribution in [3.63, 3.8) is 0 Å². The van der Waals surface area contributed by atoms with Gasteiger partial charge in [0, 0.05) is 6.04 Å². The molecule has 27 heavy (non-hydrogen) atoms. The van der Waals surface area contributed by atoms with Gasteiger partial charge in [0.05, 0.1) is 12.7 Å². The van der Waals surface area contributed by atoms with Gasteiger partial charge >= 0.3 is 5.97 Å². The van der Waals surface area contributed by atoms with Crippen LogP contribution >= 0.6 is 0 Å². The van der Waals surface area contributed by atoms with Gasteiger partial charge in [0.25, 0.3) is 11.8 Å². The molecule has 0 radical (unpaired) electrons. The highest BCUT2D eigenvalue weighted by molar-refractivity contribution is 5.98. The Morgan fingerprint density at radius 1 is 1.19 bits per heavy atom. The van der Waals surface area contributed by atoms with Gasteiger partial charge in [0.2, 0.25) is 0 Å². The van der Waals surface area contributed by atoms with Gasteiger partial charge in [-0.25, -0.2) is 0 Å². The number of methoxy groups -OCH3 is 1. The number of carbonyl (C=O) groups excluding carboxylic acids is 3. The molecule has 3 atom stereocenters. The molecule has 1 fully saturated rings. The van der Waals surface area contributed by atoms with Crippen LogP contribution in [0.2, 0.25) is 0 Å². The molecule has 1 aliphatic carbocycles. The Labute approximate surface area is 159 Å². The normalized spacial score (nSPS) is 20.3. The van der Waals surface area contributed by atoms with E-state index in [1.807, 2.05) is 0 Å². The number of amides is 2. The standard InChI is InChI=1S/C20H28N2O5/c1-13-8-4-6-10-16(13)22-19(24)14(2)27-18(23)12-21-20(25)15-9-5-7-11-17(15)26-3/h5,7,9,11,13-14,16H,4,6,8,10,12H2,1-3H3,(H,21,25)(H,22,24)/t13-,14-,16-/m0/s1. The van der Waals surface area contributed by atoms with Crippen LogP contribution in [0.15, 0.2) is 24.3 Å². The first-order valence-electron chi connectivity index (χ1n) is 9.33. The summed E-state index contributed by atoms with van der Waals surface area (Å²) in [6.45, 7) is 3.32. The summed E-state index contributed by atoms with van der Waals surface area (Å²) < 4.78 is 10.3. The second-order valence-corrected chi connectivity index (χ2v) is 6.89. The van der Waals surface area contributed by atoms with Crippen molar-refractivity contribution in [1.82, 2.24) is 10.6 Å². The lowest BCUT2D eigenvalue weighted by Crippen LogP contribution is -2.46. The smallest absolute Gasteiger partial charge is 0.326 e. The molecule has 0 spiro atoms. The maximum atomic E-state index is 12.2. The first-order valence-corrected chi connectivity index (χ1v) is 9.33. The zero-order chi connectivity index (χ0) is 19.8. The fraction of sp³-hybridized carbons (Fsp3) is 0.550. The molecule has 2 N–H and O–H groups in total. The van der Waals surface area contributed by atoms with Gasteiger partial charge in [-0.2, -0.15) is 0 Å². The van der Waals surface area contributed by atoms with E-state index in [1.165, 1.54) is 20.5 Å². The van der Waals surface area contributed by atoms with Crippen molar-refractivity contribution in [3.8, 4) is 5.75 Å². The number of ether oxygens (including phenoxy) is 2. The van der Waals surface area contributed by atoms with Crippen LogP contribution in [0.25, 0.3) is 0 Å². The first-order chi connectivity index (χ1) is 12.9. The quantitative estimate of drug-likeness (QED) is 0.711. The third-order valence-electron chi connectivity index (χ3n) is 4.86. The zero-order valence-electron chi connectivity index (χ0n) is 16.1. The summed E-state index contributed by atoms with van der Waals surface area (Å²) in [4.78, 5) is 36.4. The molecule has 0 unspecified atom stereocenters. The number of carbonyl (C=O) groups is 3. The van der Waals surface area contributed by atoms with Crippen LogP contribution < -0.4 is 15.4 Å². The van der Waals surface area contributed by atoms with E-state index >= 15 is 0 Å². The van der Waals surface area contributed by atoms with Crippen LogP contribution in [0.4, 0.5) is 0 Å². The minimum Gasteiger partial charge on any atom is -0.496 e. The van der Waals surface area contributed by atoms with Gasteiger partial charge in [-0.05, 0) is 37.8 Å². The van der Waals surface area contributed by atoms with Gasteiger partial charge < -0.3 is 20.1 Å². The SMILES string of the molecule is COc1ccccc1C(=O)NCC(=O)O[C@@H](C)C(=O)N[C@H]1CCCC[C@@H]1C. The Hall–Kier alpha value is -2.57. The van der Waals surface area contributed by atoms with E-state index < -0.39 is 18.0 Å². The molecule has 0 aliphatic heterocycles. The van der Waals surface area contributed by atoms with E-state index in [-0.39, 0.29) is 18.5 Å². The van der Waals surface area contributed by atoms with Crippen molar-refractivity contribution in [2.75, 3.05) is 13.7 Å². The van der Waals surface area contributed by atoms with E-state index in [1.54, 1.807) is 24.3 Å². The fourth-order valence-electron chi connectivity index (χ4n) is 3.20. The zero-order valence-corrected chi connectivity index (χ0v) is 16.1. The molecule has 2 rings (SSSR count). The van der Waals surface area contributed by atoms with Crippen molar-refractivity contribution in [2.24, 2.45) is 5.92 Å². The molecule has 1 aliphatic rings. The molecule has 0 saturated heterocycles. The van der Waals surface area contributed by atoms with Crippen LogP contribution in [-0.2, 0) is 14.3 Å². The Kier molecular flexibility index (Phi) is 7.64. The van der Waals surface area contributed by atoms with E-state index in [2.05, 4.69) is 17.6 Å².